The fourth-order valence-corrected chi connectivity index (χ4v) is 2.82. The Morgan fingerprint density at radius 3 is 2.62 bits per heavy atom. The zero-order chi connectivity index (χ0) is 15.7. The highest BCUT2D eigenvalue weighted by Crippen LogP contribution is 2.11. The summed E-state index contributed by atoms with van der Waals surface area (Å²) in [6, 6.07) is 7.15. The van der Waals surface area contributed by atoms with Crippen LogP contribution in [0.5, 0.6) is 0 Å². The van der Waals surface area contributed by atoms with E-state index in [0.717, 1.165) is 12.0 Å². The van der Waals surface area contributed by atoms with Crippen molar-refractivity contribution in [2.45, 2.75) is 32.1 Å². The van der Waals surface area contributed by atoms with Crippen LogP contribution in [0.15, 0.2) is 24.3 Å². The minimum Gasteiger partial charge on any atom is -0.379 e. The third-order valence-corrected chi connectivity index (χ3v) is 4.12. The van der Waals surface area contributed by atoms with Crippen molar-refractivity contribution in [3.05, 3.63) is 34.9 Å². The van der Waals surface area contributed by atoms with E-state index < -0.39 is 10.8 Å². The molecule has 1 rings (SSSR count). The molecule has 1 aromatic rings. The molecule has 0 aliphatic carbocycles. The number of carbonyl (C=O) groups excluding carboxylic acids is 1. The lowest BCUT2D eigenvalue weighted by atomic mass is 10.2. The molecule has 6 heteroatoms. The van der Waals surface area contributed by atoms with Gasteiger partial charge in [-0.15, -0.1) is 0 Å². The number of halogens is 1. The maximum atomic E-state index is 11.9. The molecule has 1 atom stereocenters. The van der Waals surface area contributed by atoms with Crippen molar-refractivity contribution < 1.29 is 13.7 Å². The second-order valence-electron chi connectivity index (χ2n) is 4.98. The Kier molecular flexibility index (Phi) is 8.57. The van der Waals surface area contributed by atoms with Gasteiger partial charge in [-0.05, 0) is 38.0 Å². The van der Waals surface area contributed by atoms with Crippen LogP contribution in [0, 0.1) is 0 Å². The number of benzene rings is 1. The zero-order valence-electron chi connectivity index (χ0n) is 12.4. The van der Waals surface area contributed by atoms with Gasteiger partial charge in [0.1, 0.15) is 5.75 Å². The predicted molar refractivity (Wildman–Crippen MR) is 86.9 cm³/mol. The fourth-order valence-electron chi connectivity index (χ4n) is 1.63. The van der Waals surface area contributed by atoms with E-state index in [1.807, 2.05) is 26.0 Å². The number of ether oxygens (including phenoxy) is 1. The van der Waals surface area contributed by atoms with Crippen LogP contribution >= 0.6 is 11.6 Å². The summed E-state index contributed by atoms with van der Waals surface area (Å²) in [5.41, 5.74) is 0.913. The fraction of sp³-hybridized carbons (Fsp3) is 0.533. The molecule has 0 aliphatic rings. The average Bonchev–Trinajstić information content (AvgIpc) is 2.40. The Labute approximate surface area is 133 Å². The molecule has 1 aromatic carbocycles. The summed E-state index contributed by atoms with van der Waals surface area (Å²) >= 11 is 5.78. The van der Waals surface area contributed by atoms with Crippen molar-refractivity contribution in [1.29, 1.82) is 0 Å². The first-order valence-corrected chi connectivity index (χ1v) is 8.81. The second kappa shape index (κ2) is 9.92. The van der Waals surface area contributed by atoms with E-state index in [-0.39, 0.29) is 17.8 Å². The third kappa shape index (κ3) is 8.86. The van der Waals surface area contributed by atoms with Gasteiger partial charge in [0.25, 0.3) is 0 Å². The van der Waals surface area contributed by atoms with Crippen LogP contribution in [0.1, 0.15) is 25.8 Å². The molecular weight excluding hydrogens is 310 g/mol. The number of hydrogen-bond acceptors (Lipinski definition) is 3. The average molecular weight is 332 g/mol. The molecule has 118 valence electrons. The monoisotopic (exact) mass is 331 g/mol. The van der Waals surface area contributed by atoms with Crippen LogP contribution in [0.4, 0.5) is 0 Å². The van der Waals surface area contributed by atoms with E-state index in [4.69, 9.17) is 16.3 Å². The Balaban J connectivity index is 2.18. The Hall–Kier alpha value is -0.910. The van der Waals surface area contributed by atoms with Crippen LogP contribution in [0.3, 0.4) is 0 Å². The Morgan fingerprint density at radius 2 is 2.00 bits per heavy atom. The first-order valence-electron chi connectivity index (χ1n) is 6.95. The molecule has 21 heavy (non-hydrogen) atoms. The maximum Gasteiger partial charge on any atom is 0.232 e. The van der Waals surface area contributed by atoms with Gasteiger partial charge in [-0.3, -0.25) is 9.00 Å². The summed E-state index contributed by atoms with van der Waals surface area (Å²) in [4.78, 5) is 11.6. The van der Waals surface area contributed by atoms with Crippen molar-refractivity contribution >= 4 is 28.3 Å². The molecule has 0 spiro atoms. The molecule has 0 aromatic heterocycles. The first kappa shape index (κ1) is 18.1. The minimum absolute atomic E-state index is 0.0215. The van der Waals surface area contributed by atoms with Gasteiger partial charge in [-0.2, -0.15) is 0 Å². The highest BCUT2D eigenvalue weighted by atomic mass is 35.5. The van der Waals surface area contributed by atoms with Gasteiger partial charge in [0.15, 0.2) is 0 Å². The summed E-state index contributed by atoms with van der Waals surface area (Å²) in [6.45, 7) is 5.10. The molecule has 0 aliphatic heterocycles. The van der Waals surface area contributed by atoms with Gasteiger partial charge in [-0.25, -0.2) is 0 Å². The number of amides is 1. The highest BCUT2D eigenvalue weighted by molar-refractivity contribution is 7.84. The largest absolute Gasteiger partial charge is 0.379 e. The third-order valence-electron chi connectivity index (χ3n) is 2.63. The molecule has 0 fully saturated rings. The number of rotatable bonds is 9. The van der Waals surface area contributed by atoms with Crippen molar-refractivity contribution in [1.82, 2.24) is 5.32 Å². The Bertz CT molecular complexity index is 462. The summed E-state index contributed by atoms with van der Waals surface area (Å²) in [7, 11) is -1.21. The van der Waals surface area contributed by atoms with E-state index >= 15 is 0 Å². The summed E-state index contributed by atoms with van der Waals surface area (Å²) < 4.78 is 17.2. The van der Waals surface area contributed by atoms with Crippen molar-refractivity contribution in [2.24, 2.45) is 0 Å². The molecule has 0 bridgehead atoms. The lowest BCUT2D eigenvalue weighted by Crippen LogP contribution is -2.30. The van der Waals surface area contributed by atoms with Gasteiger partial charge in [0.2, 0.25) is 5.91 Å². The molecule has 1 unspecified atom stereocenters. The van der Waals surface area contributed by atoms with E-state index in [1.165, 1.54) is 0 Å². The van der Waals surface area contributed by atoms with Crippen LogP contribution in [0.2, 0.25) is 5.02 Å². The number of hydrogen-bond donors (Lipinski definition) is 1. The van der Waals surface area contributed by atoms with Crippen LogP contribution < -0.4 is 5.32 Å². The molecule has 0 heterocycles. The van der Waals surface area contributed by atoms with Gasteiger partial charge >= 0.3 is 0 Å². The molecule has 4 nitrogen and oxygen atoms in total. The van der Waals surface area contributed by atoms with Gasteiger partial charge < -0.3 is 10.1 Å². The number of nitrogens with one attached hydrogen (secondary N) is 1. The second-order valence-corrected chi connectivity index (χ2v) is 6.87. The highest BCUT2D eigenvalue weighted by Gasteiger charge is 2.08. The quantitative estimate of drug-likeness (QED) is 0.707. The molecule has 0 saturated carbocycles. The molecule has 0 radical (unpaired) electrons. The van der Waals surface area contributed by atoms with Crippen LogP contribution in [-0.2, 0) is 26.1 Å². The maximum absolute atomic E-state index is 11.9. The topological polar surface area (TPSA) is 55.4 Å². The van der Waals surface area contributed by atoms with Gasteiger partial charge in [0, 0.05) is 34.7 Å². The van der Waals surface area contributed by atoms with E-state index in [0.29, 0.717) is 23.9 Å². The smallest absolute Gasteiger partial charge is 0.232 e. The molecule has 1 amide bonds. The van der Waals surface area contributed by atoms with E-state index in [1.54, 1.807) is 12.1 Å². The Morgan fingerprint density at radius 1 is 1.33 bits per heavy atom. The van der Waals surface area contributed by atoms with E-state index in [9.17, 15) is 9.00 Å². The SMILES string of the molecule is CC(C)OCCCNC(=O)CS(=O)Cc1ccc(Cl)cc1. The van der Waals surface area contributed by atoms with E-state index in [2.05, 4.69) is 5.32 Å². The van der Waals surface area contributed by atoms with Crippen molar-refractivity contribution in [3.63, 3.8) is 0 Å². The summed E-state index contributed by atoms with van der Waals surface area (Å²) in [5.74, 6) is 0.196. The van der Waals surface area contributed by atoms with Crippen molar-refractivity contribution in [2.75, 3.05) is 18.9 Å². The number of carbonyl (C=O) groups is 1. The predicted octanol–water partition coefficient (Wildman–Crippen LogP) is 2.52. The lowest BCUT2D eigenvalue weighted by Gasteiger charge is -2.08. The minimum atomic E-state index is -1.21. The van der Waals surface area contributed by atoms with Crippen LogP contribution in [-0.4, -0.2) is 35.1 Å². The molecule has 0 saturated heterocycles. The van der Waals surface area contributed by atoms with Gasteiger partial charge in [-0.1, -0.05) is 23.7 Å². The zero-order valence-corrected chi connectivity index (χ0v) is 14.0. The summed E-state index contributed by atoms with van der Waals surface area (Å²) in [6.07, 6.45) is 0.959. The summed E-state index contributed by atoms with van der Waals surface area (Å²) in [5, 5.41) is 3.39. The standard InChI is InChI=1S/C15H22ClNO3S/c1-12(2)20-9-3-8-17-15(18)11-21(19)10-13-4-6-14(16)7-5-13/h4-7,12H,3,8-11H2,1-2H3,(H,17,18). The van der Waals surface area contributed by atoms with Crippen LogP contribution in [0.25, 0.3) is 0 Å². The first-order chi connectivity index (χ1) is 9.97. The van der Waals surface area contributed by atoms with Gasteiger partial charge in [0.05, 0.1) is 6.10 Å². The lowest BCUT2D eigenvalue weighted by molar-refractivity contribution is -0.118. The molecule has 1 N–H and O–H groups in total. The molecular formula is C15H22ClNO3S. The normalized spacial score (nSPS) is 12.4. The van der Waals surface area contributed by atoms with Crippen molar-refractivity contribution in [3.8, 4) is 0 Å².